The molecule has 2 N–H and O–H groups in total. The van der Waals surface area contributed by atoms with Crippen LogP contribution in [0.5, 0.6) is 0 Å². The summed E-state index contributed by atoms with van der Waals surface area (Å²) in [5, 5.41) is 5.03. The van der Waals surface area contributed by atoms with Crippen LogP contribution in [0.1, 0.15) is 117 Å². The molecule has 0 unspecified atom stereocenters. The predicted molar refractivity (Wildman–Crippen MR) is 183 cm³/mol. The van der Waals surface area contributed by atoms with Crippen LogP contribution in [0.25, 0.3) is 0 Å². The number of imide groups is 2. The minimum Gasteiger partial charge on any atom is -0.288 e. The Morgan fingerprint density at radius 3 is 1.02 bits per heavy atom. The van der Waals surface area contributed by atoms with E-state index in [1.807, 2.05) is 48.5 Å². The van der Waals surface area contributed by atoms with E-state index in [2.05, 4.69) is 10.6 Å². The molecule has 238 valence electrons. The third-order valence-corrected chi connectivity index (χ3v) is 8.19. The van der Waals surface area contributed by atoms with Crippen molar-refractivity contribution in [2.75, 3.05) is 0 Å². The average molecular weight is 617 g/mol. The Bertz CT molecular complexity index is 1450. The van der Waals surface area contributed by atoms with E-state index >= 15 is 0 Å². The molecule has 0 bridgehead atoms. The second-order valence-electron chi connectivity index (χ2n) is 11.6. The summed E-state index contributed by atoms with van der Waals surface area (Å²) in [4.78, 5) is 50.4. The first-order valence-corrected chi connectivity index (χ1v) is 16.5. The maximum Gasteiger partial charge on any atom is 0.258 e. The lowest BCUT2D eigenvalue weighted by Gasteiger charge is -2.10. The number of carbonyl (C=O) groups is 4. The number of amides is 4. The van der Waals surface area contributed by atoms with Gasteiger partial charge in [0.15, 0.2) is 0 Å². The van der Waals surface area contributed by atoms with Crippen LogP contribution in [0, 0.1) is 0 Å². The topological polar surface area (TPSA) is 92.3 Å². The highest BCUT2D eigenvalue weighted by atomic mass is 16.2. The van der Waals surface area contributed by atoms with Crippen LogP contribution in [0.3, 0.4) is 0 Å². The minimum absolute atomic E-state index is 0.352. The molecule has 6 nitrogen and oxygen atoms in total. The van der Waals surface area contributed by atoms with Gasteiger partial charge in [0, 0.05) is 22.3 Å². The molecule has 0 saturated carbocycles. The van der Waals surface area contributed by atoms with Crippen LogP contribution in [0.2, 0.25) is 0 Å². The molecule has 0 fully saturated rings. The summed E-state index contributed by atoms with van der Waals surface area (Å²) in [6.45, 7) is 0. The molecule has 0 aliphatic carbocycles. The number of hydrogen-bond acceptors (Lipinski definition) is 4. The molecular formula is C40H44N2O4. The summed E-state index contributed by atoms with van der Waals surface area (Å²) in [5.41, 5.74) is 4.02. The number of aryl methyl sites for hydroxylation is 2. The smallest absolute Gasteiger partial charge is 0.258 e. The summed E-state index contributed by atoms with van der Waals surface area (Å²) < 4.78 is 0. The maximum atomic E-state index is 12.8. The van der Waals surface area contributed by atoms with Crippen LogP contribution in [-0.4, -0.2) is 23.6 Å². The van der Waals surface area contributed by atoms with E-state index in [1.165, 1.54) is 38.5 Å². The maximum absolute atomic E-state index is 12.8. The Hall–Kier alpha value is -4.84. The summed E-state index contributed by atoms with van der Waals surface area (Å²) in [7, 11) is 0. The Morgan fingerprint density at radius 2 is 0.652 bits per heavy atom. The number of rotatable bonds is 17. The van der Waals surface area contributed by atoms with E-state index in [9.17, 15) is 19.2 Å². The molecule has 6 heteroatoms. The molecule has 0 atom stereocenters. The normalized spacial score (nSPS) is 10.7. The van der Waals surface area contributed by atoms with Crippen molar-refractivity contribution in [2.24, 2.45) is 0 Å². The van der Waals surface area contributed by atoms with E-state index in [0.29, 0.717) is 22.3 Å². The monoisotopic (exact) mass is 616 g/mol. The quantitative estimate of drug-likeness (QED) is 0.0919. The van der Waals surface area contributed by atoms with Gasteiger partial charge in [0.1, 0.15) is 0 Å². The SMILES string of the molecule is O=C(NC(=O)c1ccccc1CCCCCCCCCCCCc1ccccc1C(=O)NC(=O)c1ccccc1)c1ccccc1. The summed E-state index contributed by atoms with van der Waals surface area (Å²) in [5.74, 6) is -1.48. The van der Waals surface area contributed by atoms with Crippen LogP contribution in [-0.2, 0) is 12.8 Å². The van der Waals surface area contributed by atoms with Crippen molar-refractivity contribution in [1.29, 1.82) is 0 Å². The van der Waals surface area contributed by atoms with Gasteiger partial charge in [-0.2, -0.15) is 0 Å². The zero-order chi connectivity index (χ0) is 32.4. The largest absolute Gasteiger partial charge is 0.288 e. The van der Waals surface area contributed by atoms with Crippen molar-refractivity contribution in [2.45, 2.75) is 77.0 Å². The molecule has 4 aromatic carbocycles. The molecule has 4 rings (SSSR count). The Kier molecular flexibility index (Phi) is 13.9. The van der Waals surface area contributed by atoms with Gasteiger partial charge in [-0.1, -0.05) is 124 Å². The van der Waals surface area contributed by atoms with E-state index in [4.69, 9.17) is 0 Å². The molecule has 0 saturated heterocycles. The van der Waals surface area contributed by atoms with Gasteiger partial charge in [-0.05, 0) is 73.2 Å². The second-order valence-corrected chi connectivity index (χ2v) is 11.6. The lowest BCUT2D eigenvalue weighted by molar-refractivity contribution is 0.0832. The van der Waals surface area contributed by atoms with Crippen LogP contribution >= 0.6 is 0 Å². The lowest BCUT2D eigenvalue weighted by Crippen LogP contribution is -2.31. The van der Waals surface area contributed by atoms with E-state index in [1.54, 1.807) is 60.7 Å². The van der Waals surface area contributed by atoms with Crippen molar-refractivity contribution >= 4 is 23.6 Å². The number of carbonyl (C=O) groups excluding carboxylic acids is 4. The third-order valence-electron chi connectivity index (χ3n) is 8.19. The van der Waals surface area contributed by atoms with Crippen molar-refractivity contribution in [3.05, 3.63) is 143 Å². The van der Waals surface area contributed by atoms with Crippen molar-refractivity contribution in [3.8, 4) is 0 Å². The molecule has 4 amide bonds. The van der Waals surface area contributed by atoms with E-state index < -0.39 is 0 Å². The molecule has 0 aliphatic heterocycles. The standard InChI is InChI=1S/C40H44N2O4/c43-37(33-25-13-9-14-26-33)41-39(45)35-29-19-17-23-31(35)21-11-7-5-3-1-2-4-6-8-12-22-32-24-18-20-30-36(32)40(46)42-38(44)34-27-15-10-16-28-34/h9-10,13-20,23-30H,1-8,11-12,21-22H2,(H,41,43,45)(H,42,44,46). The Labute approximate surface area is 272 Å². The van der Waals surface area contributed by atoms with Gasteiger partial charge in [0.25, 0.3) is 23.6 Å². The van der Waals surface area contributed by atoms with E-state index in [-0.39, 0.29) is 23.6 Å². The number of nitrogens with one attached hydrogen (secondary N) is 2. The minimum atomic E-state index is -0.385. The fourth-order valence-electron chi connectivity index (χ4n) is 5.63. The first kappa shape index (κ1) is 34.0. The second kappa shape index (κ2) is 18.8. The summed E-state index contributed by atoms with van der Waals surface area (Å²) in [6.07, 6.45) is 13.1. The molecule has 0 radical (unpaired) electrons. The first-order valence-electron chi connectivity index (χ1n) is 16.5. The highest BCUT2D eigenvalue weighted by Crippen LogP contribution is 2.17. The Morgan fingerprint density at radius 1 is 0.348 bits per heavy atom. The van der Waals surface area contributed by atoms with Gasteiger partial charge in [-0.3, -0.25) is 29.8 Å². The fraction of sp³-hybridized carbons (Fsp3) is 0.300. The van der Waals surface area contributed by atoms with Crippen molar-refractivity contribution in [1.82, 2.24) is 10.6 Å². The van der Waals surface area contributed by atoms with Crippen LogP contribution < -0.4 is 10.6 Å². The summed E-state index contributed by atoms with van der Waals surface area (Å²) in [6, 6.07) is 32.6. The zero-order valence-corrected chi connectivity index (χ0v) is 26.5. The van der Waals surface area contributed by atoms with Crippen molar-refractivity contribution in [3.63, 3.8) is 0 Å². The third kappa shape index (κ3) is 11.0. The van der Waals surface area contributed by atoms with E-state index in [0.717, 1.165) is 49.7 Å². The summed E-state index contributed by atoms with van der Waals surface area (Å²) >= 11 is 0. The van der Waals surface area contributed by atoms with Crippen molar-refractivity contribution < 1.29 is 19.2 Å². The first-order chi connectivity index (χ1) is 22.5. The molecule has 0 spiro atoms. The number of unbranched alkanes of at least 4 members (excludes halogenated alkanes) is 9. The predicted octanol–water partition coefficient (Wildman–Crippen LogP) is 8.51. The van der Waals surface area contributed by atoms with Crippen LogP contribution in [0.4, 0.5) is 0 Å². The highest BCUT2D eigenvalue weighted by molar-refractivity contribution is 6.11. The van der Waals surface area contributed by atoms with Gasteiger partial charge in [0.05, 0.1) is 0 Å². The lowest BCUT2D eigenvalue weighted by atomic mass is 9.98. The molecule has 46 heavy (non-hydrogen) atoms. The molecule has 0 heterocycles. The average Bonchev–Trinajstić information content (AvgIpc) is 3.09. The Balaban J connectivity index is 1.06. The number of hydrogen-bond donors (Lipinski definition) is 2. The molecular weight excluding hydrogens is 572 g/mol. The van der Waals surface area contributed by atoms with Crippen LogP contribution in [0.15, 0.2) is 109 Å². The van der Waals surface area contributed by atoms with Gasteiger partial charge in [0.2, 0.25) is 0 Å². The van der Waals surface area contributed by atoms with Gasteiger partial charge in [-0.15, -0.1) is 0 Å². The number of benzene rings is 4. The molecule has 0 aliphatic rings. The van der Waals surface area contributed by atoms with Gasteiger partial charge >= 0.3 is 0 Å². The zero-order valence-electron chi connectivity index (χ0n) is 26.5. The molecule has 0 aromatic heterocycles. The van der Waals surface area contributed by atoms with Gasteiger partial charge < -0.3 is 0 Å². The fourth-order valence-corrected chi connectivity index (χ4v) is 5.63. The van der Waals surface area contributed by atoms with Gasteiger partial charge in [-0.25, -0.2) is 0 Å². The molecule has 4 aromatic rings. The highest BCUT2D eigenvalue weighted by Gasteiger charge is 2.16.